The highest BCUT2D eigenvalue weighted by molar-refractivity contribution is 6.31. The third-order valence-corrected chi connectivity index (χ3v) is 4.08. The Labute approximate surface area is 162 Å². The highest BCUT2D eigenvalue weighted by Crippen LogP contribution is 2.32. The highest BCUT2D eigenvalue weighted by atomic mass is 35.5. The van der Waals surface area contributed by atoms with Crippen LogP contribution in [0.2, 0.25) is 5.02 Å². The van der Waals surface area contributed by atoms with E-state index in [-0.39, 0.29) is 12.4 Å². The molecule has 2 aromatic rings. The Balaban J connectivity index is 0.00000312. The molecule has 138 valence electrons. The summed E-state index contributed by atoms with van der Waals surface area (Å²) in [5.74, 6) is 1.57. The minimum atomic E-state index is 0. The lowest BCUT2D eigenvalue weighted by Gasteiger charge is -2.17. The summed E-state index contributed by atoms with van der Waals surface area (Å²) < 4.78 is 11.8. The van der Waals surface area contributed by atoms with Gasteiger partial charge in [0.2, 0.25) is 0 Å². The van der Waals surface area contributed by atoms with Crippen LogP contribution in [-0.2, 0) is 13.2 Å². The van der Waals surface area contributed by atoms with Gasteiger partial charge in [-0.2, -0.15) is 0 Å². The van der Waals surface area contributed by atoms with Gasteiger partial charge < -0.3 is 14.8 Å². The summed E-state index contributed by atoms with van der Waals surface area (Å²) in [6.07, 6.45) is 2.35. The highest BCUT2D eigenvalue weighted by Gasteiger charge is 2.12. The Hall–Kier alpha value is -1.42. The van der Waals surface area contributed by atoms with E-state index in [1.54, 1.807) is 0 Å². The second kappa shape index (κ2) is 12.0. The number of para-hydroxylation sites is 1. The fraction of sp³-hybridized carbons (Fsp3) is 0.400. The van der Waals surface area contributed by atoms with E-state index >= 15 is 0 Å². The molecule has 0 amide bonds. The molecule has 5 heteroatoms. The van der Waals surface area contributed by atoms with Crippen LogP contribution in [0.25, 0.3) is 0 Å². The molecule has 0 saturated carbocycles. The maximum atomic E-state index is 6.23. The summed E-state index contributed by atoms with van der Waals surface area (Å²) >= 11 is 6.23. The molecule has 0 saturated heterocycles. The fourth-order valence-corrected chi connectivity index (χ4v) is 2.61. The number of ether oxygens (including phenoxy) is 2. The van der Waals surface area contributed by atoms with E-state index in [9.17, 15) is 0 Å². The molecule has 0 spiro atoms. The minimum absolute atomic E-state index is 0. The Morgan fingerprint density at radius 3 is 2.44 bits per heavy atom. The van der Waals surface area contributed by atoms with Gasteiger partial charge in [0.15, 0.2) is 11.5 Å². The lowest BCUT2D eigenvalue weighted by molar-refractivity contribution is 0.266. The molecule has 0 aromatic heterocycles. The van der Waals surface area contributed by atoms with Gasteiger partial charge in [-0.1, -0.05) is 55.3 Å². The first-order chi connectivity index (χ1) is 11.8. The molecule has 1 N–H and O–H groups in total. The van der Waals surface area contributed by atoms with Crippen LogP contribution in [0.3, 0.4) is 0 Å². The van der Waals surface area contributed by atoms with Gasteiger partial charge in [-0.3, -0.25) is 0 Å². The maximum Gasteiger partial charge on any atom is 0.166 e. The molecule has 0 bridgehead atoms. The molecule has 0 fully saturated rings. The second-order valence-electron chi connectivity index (χ2n) is 5.59. The van der Waals surface area contributed by atoms with Crippen LogP contribution in [0, 0.1) is 0 Å². The van der Waals surface area contributed by atoms with Crippen molar-refractivity contribution >= 4 is 24.0 Å². The first-order valence-electron chi connectivity index (χ1n) is 8.57. The molecule has 25 heavy (non-hydrogen) atoms. The average molecular weight is 384 g/mol. The lowest BCUT2D eigenvalue weighted by Crippen LogP contribution is -2.15. The first kappa shape index (κ1) is 21.6. The molecule has 0 aliphatic carbocycles. The third-order valence-electron chi connectivity index (χ3n) is 3.71. The standard InChI is InChI=1S/C20H26ClNO2.ClH/c1-3-5-13-22-14-16-10-8-12-19(23-4-2)20(16)24-15-17-9-6-7-11-18(17)21;/h6-12,22H,3-5,13-15H2,1-2H3;1H. The van der Waals surface area contributed by atoms with Crippen LogP contribution in [0.1, 0.15) is 37.8 Å². The van der Waals surface area contributed by atoms with Gasteiger partial charge in [-0.25, -0.2) is 0 Å². The number of halogens is 2. The predicted molar refractivity (Wildman–Crippen MR) is 107 cm³/mol. The van der Waals surface area contributed by atoms with Gasteiger partial charge in [-0.15, -0.1) is 12.4 Å². The van der Waals surface area contributed by atoms with Gasteiger partial charge in [0, 0.05) is 22.7 Å². The van der Waals surface area contributed by atoms with Crippen molar-refractivity contribution < 1.29 is 9.47 Å². The molecular formula is C20H27Cl2NO2. The second-order valence-corrected chi connectivity index (χ2v) is 6.00. The molecule has 0 atom stereocenters. The van der Waals surface area contributed by atoms with E-state index in [1.807, 2.05) is 43.3 Å². The monoisotopic (exact) mass is 383 g/mol. The SMILES string of the molecule is CCCCNCc1cccc(OCC)c1OCc1ccccc1Cl.Cl. The van der Waals surface area contributed by atoms with Crippen molar-refractivity contribution in [2.45, 2.75) is 39.8 Å². The summed E-state index contributed by atoms with van der Waals surface area (Å²) in [5.41, 5.74) is 2.07. The third kappa shape index (κ3) is 6.77. The summed E-state index contributed by atoms with van der Waals surface area (Å²) in [7, 11) is 0. The molecule has 0 aliphatic rings. The van der Waals surface area contributed by atoms with Gasteiger partial charge in [0.1, 0.15) is 6.61 Å². The molecular weight excluding hydrogens is 357 g/mol. The zero-order chi connectivity index (χ0) is 17.2. The van der Waals surface area contributed by atoms with Crippen molar-refractivity contribution in [2.75, 3.05) is 13.2 Å². The Kier molecular flexibility index (Phi) is 10.4. The fourth-order valence-electron chi connectivity index (χ4n) is 2.42. The Bertz CT molecular complexity index is 635. The maximum absolute atomic E-state index is 6.23. The van der Waals surface area contributed by atoms with E-state index < -0.39 is 0 Å². The first-order valence-corrected chi connectivity index (χ1v) is 8.95. The van der Waals surface area contributed by atoms with Crippen LogP contribution in [0.4, 0.5) is 0 Å². The number of rotatable bonds is 10. The lowest BCUT2D eigenvalue weighted by atomic mass is 10.1. The summed E-state index contributed by atoms with van der Waals surface area (Å²) in [6, 6.07) is 13.8. The molecule has 0 heterocycles. The van der Waals surface area contributed by atoms with E-state index in [4.69, 9.17) is 21.1 Å². The van der Waals surface area contributed by atoms with Gasteiger partial charge in [0.05, 0.1) is 6.61 Å². The zero-order valence-electron chi connectivity index (χ0n) is 14.9. The van der Waals surface area contributed by atoms with Crippen LogP contribution in [0.15, 0.2) is 42.5 Å². The summed E-state index contributed by atoms with van der Waals surface area (Å²) in [6.45, 7) is 6.96. The molecule has 0 aliphatic heterocycles. The van der Waals surface area contributed by atoms with Crippen LogP contribution >= 0.6 is 24.0 Å². The van der Waals surface area contributed by atoms with E-state index in [2.05, 4.69) is 18.3 Å². The van der Waals surface area contributed by atoms with Crippen molar-refractivity contribution in [3.63, 3.8) is 0 Å². The average Bonchev–Trinajstić information content (AvgIpc) is 2.59. The van der Waals surface area contributed by atoms with Gasteiger partial charge >= 0.3 is 0 Å². The molecule has 2 aromatic carbocycles. The normalized spacial score (nSPS) is 10.2. The summed E-state index contributed by atoms with van der Waals surface area (Å²) in [4.78, 5) is 0. The van der Waals surface area contributed by atoms with Crippen LogP contribution in [0.5, 0.6) is 11.5 Å². The Morgan fingerprint density at radius 1 is 0.960 bits per heavy atom. The molecule has 0 unspecified atom stereocenters. The number of nitrogens with one attached hydrogen (secondary N) is 1. The summed E-state index contributed by atoms with van der Waals surface area (Å²) in [5, 5.41) is 4.18. The minimum Gasteiger partial charge on any atom is -0.490 e. The number of hydrogen-bond donors (Lipinski definition) is 1. The van der Waals surface area contributed by atoms with Crippen LogP contribution in [-0.4, -0.2) is 13.2 Å². The van der Waals surface area contributed by atoms with Crippen molar-refractivity contribution in [1.82, 2.24) is 5.32 Å². The number of hydrogen-bond acceptors (Lipinski definition) is 3. The van der Waals surface area contributed by atoms with Crippen molar-refractivity contribution in [3.05, 3.63) is 58.6 Å². The van der Waals surface area contributed by atoms with Gasteiger partial charge in [0.25, 0.3) is 0 Å². The largest absolute Gasteiger partial charge is 0.490 e. The van der Waals surface area contributed by atoms with Crippen molar-refractivity contribution in [2.24, 2.45) is 0 Å². The molecule has 0 radical (unpaired) electrons. The zero-order valence-corrected chi connectivity index (χ0v) is 16.5. The van der Waals surface area contributed by atoms with E-state index in [0.717, 1.165) is 35.7 Å². The van der Waals surface area contributed by atoms with Crippen LogP contribution < -0.4 is 14.8 Å². The van der Waals surface area contributed by atoms with E-state index in [1.165, 1.54) is 12.8 Å². The molecule has 2 rings (SSSR count). The van der Waals surface area contributed by atoms with Crippen molar-refractivity contribution in [1.29, 1.82) is 0 Å². The number of benzene rings is 2. The van der Waals surface area contributed by atoms with E-state index in [0.29, 0.717) is 18.2 Å². The van der Waals surface area contributed by atoms with Crippen molar-refractivity contribution in [3.8, 4) is 11.5 Å². The molecule has 3 nitrogen and oxygen atoms in total. The Morgan fingerprint density at radius 2 is 1.72 bits per heavy atom. The number of unbranched alkanes of at least 4 members (excludes halogenated alkanes) is 1. The smallest absolute Gasteiger partial charge is 0.166 e. The van der Waals surface area contributed by atoms with Gasteiger partial charge in [-0.05, 0) is 32.0 Å². The quantitative estimate of drug-likeness (QED) is 0.539. The topological polar surface area (TPSA) is 30.5 Å². The predicted octanol–water partition coefficient (Wildman–Crippen LogP) is 5.63.